The van der Waals surface area contributed by atoms with Gasteiger partial charge in [-0.05, 0) is 12.5 Å². The third-order valence-electron chi connectivity index (χ3n) is 2.99. The van der Waals surface area contributed by atoms with Crippen molar-refractivity contribution in [1.29, 1.82) is 0 Å². The molecule has 0 bridgehead atoms. The van der Waals surface area contributed by atoms with Crippen LogP contribution >= 0.6 is 0 Å². The van der Waals surface area contributed by atoms with Crippen molar-refractivity contribution in [1.82, 2.24) is 5.32 Å². The van der Waals surface area contributed by atoms with Crippen molar-refractivity contribution in [2.24, 2.45) is 0 Å². The van der Waals surface area contributed by atoms with Crippen LogP contribution in [-0.4, -0.2) is 25.2 Å². The minimum absolute atomic E-state index is 0.109. The van der Waals surface area contributed by atoms with Crippen molar-refractivity contribution < 1.29 is 9.90 Å². The molecule has 0 aromatic heterocycles. The highest BCUT2D eigenvalue weighted by molar-refractivity contribution is 6.80. The van der Waals surface area contributed by atoms with Crippen LogP contribution in [0.1, 0.15) is 24.9 Å². The van der Waals surface area contributed by atoms with Crippen molar-refractivity contribution in [3.05, 3.63) is 47.7 Å². The van der Waals surface area contributed by atoms with E-state index in [1.807, 2.05) is 24.3 Å². The normalized spacial score (nSPS) is 15.2. The average molecular weight is 291 g/mol. The van der Waals surface area contributed by atoms with E-state index in [4.69, 9.17) is 5.11 Å². The first-order valence-electron chi connectivity index (χ1n) is 7.00. The van der Waals surface area contributed by atoms with Crippen molar-refractivity contribution in [2.75, 3.05) is 0 Å². The van der Waals surface area contributed by atoms with Gasteiger partial charge in [-0.15, -0.1) is 0 Å². The van der Waals surface area contributed by atoms with E-state index < -0.39 is 14.0 Å². The predicted molar refractivity (Wildman–Crippen MR) is 86.5 cm³/mol. The Labute approximate surface area is 122 Å². The molecule has 4 heteroatoms. The van der Waals surface area contributed by atoms with Gasteiger partial charge in [-0.3, -0.25) is 4.79 Å². The zero-order valence-corrected chi connectivity index (χ0v) is 13.8. The second kappa shape index (κ2) is 7.41. The molecule has 2 atom stereocenters. The molecule has 0 saturated carbocycles. The smallest absolute Gasteiger partial charge is 0.305 e. The van der Waals surface area contributed by atoms with Crippen molar-refractivity contribution in [3.8, 4) is 0 Å². The lowest BCUT2D eigenvalue weighted by Crippen LogP contribution is -2.33. The number of benzene rings is 1. The molecule has 3 nitrogen and oxygen atoms in total. The van der Waals surface area contributed by atoms with E-state index in [0.717, 1.165) is 0 Å². The first kappa shape index (κ1) is 16.7. The molecule has 20 heavy (non-hydrogen) atoms. The minimum Gasteiger partial charge on any atom is -0.481 e. The summed E-state index contributed by atoms with van der Waals surface area (Å²) in [6.07, 6.45) is 2.14. The Morgan fingerprint density at radius 3 is 2.40 bits per heavy atom. The van der Waals surface area contributed by atoms with Crippen LogP contribution < -0.4 is 5.32 Å². The fourth-order valence-corrected chi connectivity index (χ4v) is 2.74. The fraction of sp³-hybridized carbons (Fsp3) is 0.438. The monoisotopic (exact) mass is 291 g/mol. The van der Waals surface area contributed by atoms with E-state index in [1.54, 1.807) is 0 Å². The van der Waals surface area contributed by atoms with Gasteiger partial charge in [0, 0.05) is 12.1 Å². The molecule has 0 saturated heterocycles. The number of carbonyl (C=O) groups is 1. The Balaban J connectivity index is 2.74. The maximum absolute atomic E-state index is 11.0. The summed E-state index contributed by atoms with van der Waals surface area (Å²) in [5.41, 5.74) is 3.37. The van der Waals surface area contributed by atoms with Crippen LogP contribution in [0, 0.1) is 0 Å². The molecule has 110 valence electrons. The molecule has 0 amide bonds. The molecule has 1 aromatic rings. The Morgan fingerprint density at radius 1 is 1.30 bits per heavy atom. The number of nitrogens with one attached hydrogen (secondary N) is 1. The minimum atomic E-state index is -1.31. The zero-order chi connectivity index (χ0) is 15.2. The van der Waals surface area contributed by atoms with Crippen molar-refractivity contribution in [3.63, 3.8) is 0 Å². The zero-order valence-electron chi connectivity index (χ0n) is 12.8. The van der Waals surface area contributed by atoms with Gasteiger partial charge in [-0.2, -0.15) is 0 Å². The quantitative estimate of drug-likeness (QED) is 0.754. The molecule has 1 aromatic carbocycles. The second-order valence-electron chi connectivity index (χ2n) is 6.23. The summed E-state index contributed by atoms with van der Waals surface area (Å²) in [6.45, 7) is 8.78. The van der Waals surface area contributed by atoms with Crippen LogP contribution in [0.2, 0.25) is 19.6 Å². The summed E-state index contributed by atoms with van der Waals surface area (Å²) in [6, 6.07) is 10.1. The Morgan fingerprint density at radius 2 is 1.90 bits per heavy atom. The molecular formula is C16H25NO2Si. The van der Waals surface area contributed by atoms with Crippen molar-refractivity contribution in [2.45, 2.75) is 45.1 Å². The molecule has 2 N–H and O–H groups in total. The van der Waals surface area contributed by atoms with Crippen molar-refractivity contribution >= 4 is 14.0 Å². The highest BCUT2D eigenvalue weighted by Gasteiger charge is 2.16. The van der Waals surface area contributed by atoms with Crippen LogP contribution in [0.15, 0.2) is 42.1 Å². The van der Waals surface area contributed by atoms with Crippen LogP contribution in [-0.2, 0) is 4.79 Å². The number of hydrogen-bond donors (Lipinski definition) is 2. The molecule has 0 radical (unpaired) electrons. The van der Waals surface area contributed by atoms with Gasteiger partial charge >= 0.3 is 5.97 Å². The van der Waals surface area contributed by atoms with Crippen LogP contribution in [0.4, 0.5) is 0 Å². The Bertz CT molecular complexity index is 451. The molecule has 0 unspecified atom stereocenters. The summed E-state index contributed by atoms with van der Waals surface area (Å²) in [5, 5.41) is 12.4. The third kappa shape index (κ3) is 6.68. The fourth-order valence-electron chi connectivity index (χ4n) is 1.93. The van der Waals surface area contributed by atoms with Crippen LogP contribution in [0.3, 0.4) is 0 Å². The summed E-state index contributed by atoms with van der Waals surface area (Å²) in [5.74, 6) is -0.775. The van der Waals surface area contributed by atoms with Gasteiger partial charge < -0.3 is 10.4 Å². The third-order valence-corrected chi connectivity index (χ3v) is 4.18. The Hall–Kier alpha value is -1.39. The molecule has 0 aliphatic carbocycles. The van der Waals surface area contributed by atoms with Gasteiger partial charge in [0.2, 0.25) is 0 Å². The summed E-state index contributed by atoms with van der Waals surface area (Å²) in [4.78, 5) is 11.0. The van der Waals surface area contributed by atoms with E-state index in [1.165, 1.54) is 5.56 Å². The van der Waals surface area contributed by atoms with E-state index >= 15 is 0 Å². The maximum atomic E-state index is 11.0. The van der Waals surface area contributed by atoms with Gasteiger partial charge in [-0.25, -0.2) is 0 Å². The highest BCUT2D eigenvalue weighted by atomic mass is 28.3. The SMILES string of the molecule is C[C@@H](N[C@H](/C=C/[Si](C)(C)C)CC(=O)O)c1ccccc1. The van der Waals surface area contributed by atoms with Gasteiger partial charge in [0.25, 0.3) is 0 Å². The van der Waals surface area contributed by atoms with E-state index in [-0.39, 0.29) is 18.5 Å². The number of carboxylic acid groups (broad SMARTS) is 1. The lowest BCUT2D eigenvalue weighted by Gasteiger charge is -2.21. The first-order valence-corrected chi connectivity index (χ1v) is 10.6. The summed E-state index contributed by atoms with van der Waals surface area (Å²) >= 11 is 0. The molecular weight excluding hydrogens is 266 g/mol. The van der Waals surface area contributed by atoms with Gasteiger partial charge in [0.1, 0.15) is 0 Å². The summed E-state index contributed by atoms with van der Waals surface area (Å²) < 4.78 is 0. The predicted octanol–water partition coefficient (Wildman–Crippen LogP) is 3.61. The molecule has 0 heterocycles. The average Bonchev–Trinajstić information content (AvgIpc) is 2.35. The summed E-state index contributed by atoms with van der Waals surface area (Å²) in [7, 11) is -1.31. The van der Waals surface area contributed by atoms with E-state index in [9.17, 15) is 4.79 Å². The van der Waals surface area contributed by atoms with E-state index in [2.05, 4.69) is 49.7 Å². The molecule has 0 fully saturated rings. The molecule has 1 rings (SSSR count). The second-order valence-corrected chi connectivity index (χ2v) is 11.3. The maximum Gasteiger partial charge on any atom is 0.305 e. The standard InChI is InChI=1S/C16H25NO2Si/c1-13(14-8-6-5-7-9-14)17-15(12-16(18)19)10-11-20(2,3)4/h5-11,13,15,17H,12H2,1-4H3,(H,18,19)/b11-10+/t13-,15-/m1/s1. The Kier molecular flexibility index (Phi) is 6.17. The van der Waals surface area contributed by atoms with Gasteiger partial charge in [0.15, 0.2) is 0 Å². The number of rotatable bonds is 7. The lowest BCUT2D eigenvalue weighted by molar-refractivity contribution is -0.137. The number of aliphatic carboxylic acids is 1. The molecule has 0 aliphatic heterocycles. The highest BCUT2D eigenvalue weighted by Crippen LogP contribution is 2.14. The first-order chi connectivity index (χ1) is 9.28. The molecule has 0 spiro atoms. The molecule has 0 aliphatic rings. The van der Waals surface area contributed by atoms with Crippen LogP contribution in [0.25, 0.3) is 0 Å². The number of carboxylic acids is 1. The van der Waals surface area contributed by atoms with E-state index in [0.29, 0.717) is 0 Å². The topological polar surface area (TPSA) is 49.3 Å². The largest absolute Gasteiger partial charge is 0.481 e. The van der Waals surface area contributed by atoms with Gasteiger partial charge in [0.05, 0.1) is 14.5 Å². The van der Waals surface area contributed by atoms with Gasteiger partial charge in [-0.1, -0.05) is 61.7 Å². The lowest BCUT2D eigenvalue weighted by atomic mass is 10.1. The number of hydrogen-bond acceptors (Lipinski definition) is 2. The van der Waals surface area contributed by atoms with Crippen LogP contribution in [0.5, 0.6) is 0 Å².